The average Bonchev–Trinajstić information content (AvgIpc) is 3.40. The van der Waals surface area contributed by atoms with Gasteiger partial charge < -0.3 is 14.4 Å². The first-order chi connectivity index (χ1) is 13.1. The Balaban J connectivity index is 1.83. The first-order valence-corrected chi connectivity index (χ1v) is 9.83. The molecule has 1 unspecified atom stereocenters. The summed E-state index contributed by atoms with van der Waals surface area (Å²) in [5.74, 6) is -1.14. The molecular formula is C20H14BrNO4S. The molecule has 136 valence electrons. The molecule has 0 radical (unpaired) electrons. The molecular weight excluding hydrogens is 430 g/mol. The van der Waals surface area contributed by atoms with E-state index in [1.807, 2.05) is 17.5 Å². The fraction of sp³-hybridized carbons (Fsp3) is 0.100. The van der Waals surface area contributed by atoms with E-state index >= 15 is 0 Å². The SMILES string of the molecule is O=C1C(=O)N(Cc2cccs2)C(c2ccco2)/C1=C(/O)c1ccc(Br)cc1. The molecule has 5 nitrogen and oxygen atoms in total. The molecule has 27 heavy (non-hydrogen) atoms. The third-order valence-electron chi connectivity index (χ3n) is 4.38. The van der Waals surface area contributed by atoms with Gasteiger partial charge in [0.25, 0.3) is 11.7 Å². The van der Waals surface area contributed by atoms with E-state index < -0.39 is 17.7 Å². The highest BCUT2D eigenvalue weighted by molar-refractivity contribution is 9.10. The number of thiophene rings is 1. The number of aliphatic hydroxyl groups excluding tert-OH is 1. The molecule has 0 bridgehead atoms. The smallest absolute Gasteiger partial charge is 0.296 e. The second-order valence-corrected chi connectivity index (χ2v) is 7.98. The van der Waals surface area contributed by atoms with Crippen molar-refractivity contribution in [1.29, 1.82) is 0 Å². The van der Waals surface area contributed by atoms with E-state index in [1.54, 1.807) is 36.4 Å². The van der Waals surface area contributed by atoms with Gasteiger partial charge in [0.05, 0.1) is 18.4 Å². The lowest BCUT2D eigenvalue weighted by Gasteiger charge is -2.22. The number of benzene rings is 1. The number of hydrogen-bond acceptors (Lipinski definition) is 5. The number of Topliss-reactive ketones (excluding diaryl/α,β-unsaturated/α-hetero) is 1. The Morgan fingerprint density at radius 2 is 1.93 bits per heavy atom. The Hall–Kier alpha value is -2.64. The predicted molar refractivity (Wildman–Crippen MR) is 105 cm³/mol. The number of rotatable bonds is 4. The van der Waals surface area contributed by atoms with Crippen LogP contribution in [-0.2, 0) is 16.1 Å². The van der Waals surface area contributed by atoms with E-state index in [0.29, 0.717) is 11.3 Å². The highest BCUT2D eigenvalue weighted by Crippen LogP contribution is 2.40. The van der Waals surface area contributed by atoms with E-state index in [1.165, 1.54) is 22.5 Å². The van der Waals surface area contributed by atoms with E-state index in [0.717, 1.165) is 9.35 Å². The summed E-state index contributed by atoms with van der Waals surface area (Å²) >= 11 is 4.85. The van der Waals surface area contributed by atoms with E-state index in [4.69, 9.17) is 4.42 Å². The largest absolute Gasteiger partial charge is 0.507 e. The molecule has 3 aromatic rings. The van der Waals surface area contributed by atoms with E-state index in [-0.39, 0.29) is 17.9 Å². The molecule has 7 heteroatoms. The van der Waals surface area contributed by atoms with Crippen LogP contribution in [0.4, 0.5) is 0 Å². The van der Waals surface area contributed by atoms with Gasteiger partial charge in [0, 0.05) is 14.9 Å². The first kappa shape index (κ1) is 17.8. The number of carbonyl (C=O) groups is 2. The Bertz CT molecular complexity index is 1010. The fourth-order valence-electron chi connectivity index (χ4n) is 3.12. The summed E-state index contributed by atoms with van der Waals surface area (Å²) in [5, 5.41) is 12.8. The van der Waals surface area contributed by atoms with E-state index in [2.05, 4.69) is 15.9 Å². The van der Waals surface area contributed by atoms with Crippen LogP contribution in [0, 0.1) is 0 Å². The lowest BCUT2D eigenvalue weighted by Crippen LogP contribution is -2.28. The number of likely N-dealkylation sites (tertiary alicyclic amines) is 1. The number of nitrogens with zero attached hydrogens (tertiary/aromatic N) is 1. The highest BCUT2D eigenvalue weighted by atomic mass is 79.9. The zero-order valence-corrected chi connectivity index (χ0v) is 16.4. The molecule has 0 spiro atoms. The van der Waals surface area contributed by atoms with Crippen LogP contribution in [0.15, 0.2) is 74.6 Å². The van der Waals surface area contributed by atoms with Crippen molar-refractivity contribution in [3.63, 3.8) is 0 Å². The maximum atomic E-state index is 12.8. The van der Waals surface area contributed by atoms with Crippen LogP contribution in [0.3, 0.4) is 0 Å². The molecule has 1 aliphatic rings. The second kappa shape index (κ2) is 7.17. The molecule has 1 amide bonds. The van der Waals surface area contributed by atoms with Crippen molar-refractivity contribution in [1.82, 2.24) is 4.90 Å². The lowest BCUT2D eigenvalue weighted by atomic mass is 9.99. The number of hydrogen-bond donors (Lipinski definition) is 1. The third-order valence-corrected chi connectivity index (χ3v) is 5.77. The summed E-state index contributed by atoms with van der Waals surface area (Å²) in [6, 6.07) is 13.3. The van der Waals surface area contributed by atoms with Gasteiger partial charge in [-0.3, -0.25) is 9.59 Å². The lowest BCUT2D eigenvalue weighted by molar-refractivity contribution is -0.140. The molecule has 0 saturated carbocycles. The summed E-state index contributed by atoms with van der Waals surface area (Å²) in [4.78, 5) is 27.9. The Kier molecular flexibility index (Phi) is 4.72. The van der Waals surface area contributed by atoms with Gasteiger partial charge in [0.1, 0.15) is 17.6 Å². The van der Waals surface area contributed by atoms with Crippen LogP contribution in [0.2, 0.25) is 0 Å². The minimum absolute atomic E-state index is 0.0360. The van der Waals surface area contributed by atoms with Crippen molar-refractivity contribution in [2.75, 3.05) is 0 Å². The van der Waals surface area contributed by atoms with Gasteiger partial charge in [0.15, 0.2) is 0 Å². The zero-order chi connectivity index (χ0) is 19.0. The van der Waals surface area contributed by atoms with Crippen LogP contribution in [0.25, 0.3) is 5.76 Å². The zero-order valence-electron chi connectivity index (χ0n) is 14.0. The summed E-state index contributed by atoms with van der Waals surface area (Å²) in [6.07, 6.45) is 1.49. The Labute approximate surface area is 167 Å². The molecule has 1 aliphatic heterocycles. The van der Waals surface area contributed by atoms with Crippen LogP contribution >= 0.6 is 27.3 Å². The minimum atomic E-state index is -0.772. The van der Waals surface area contributed by atoms with Gasteiger partial charge in [-0.15, -0.1) is 11.3 Å². The summed E-state index contributed by atoms with van der Waals surface area (Å²) in [7, 11) is 0. The van der Waals surface area contributed by atoms with Gasteiger partial charge in [-0.25, -0.2) is 0 Å². The van der Waals surface area contributed by atoms with Crippen molar-refractivity contribution in [2.45, 2.75) is 12.6 Å². The predicted octanol–water partition coefficient (Wildman–Crippen LogP) is 4.73. The van der Waals surface area contributed by atoms with Crippen molar-refractivity contribution in [3.05, 3.63) is 86.4 Å². The third kappa shape index (κ3) is 3.24. The Morgan fingerprint density at radius 1 is 1.15 bits per heavy atom. The summed E-state index contributed by atoms with van der Waals surface area (Å²) in [5.41, 5.74) is 0.498. The second-order valence-electron chi connectivity index (χ2n) is 6.03. The van der Waals surface area contributed by atoms with Crippen LogP contribution in [-0.4, -0.2) is 21.7 Å². The normalized spacial score (nSPS) is 19.0. The van der Waals surface area contributed by atoms with Crippen molar-refractivity contribution in [2.24, 2.45) is 0 Å². The highest BCUT2D eigenvalue weighted by Gasteiger charge is 2.47. The summed E-state index contributed by atoms with van der Waals surface area (Å²) < 4.78 is 6.35. The molecule has 1 atom stereocenters. The number of furan rings is 1. The molecule has 4 rings (SSSR count). The maximum Gasteiger partial charge on any atom is 0.296 e. The first-order valence-electron chi connectivity index (χ1n) is 8.16. The number of ketones is 1. The molecule has 0 aliphatic carbocycles. The van der Waals surface area contributed by atoms with Crippen molar-refractivity contribution < 1.29 is 19.1 Å². The quantitative estimate of drug-likeness (QED) is 0.359. The number of aliphatic hydroxyl groups is 1. The van der Waals surface area contributed by atoms with Gasteiger partial charge in [-0.1, -0.05) is 34.1 Å². The molecule has 3 heterocycles. The topological polar surface area (TPSA) is 70.8 Å². The van der Waals surface area contributed by atoms with Crippen molar-refractivity contribution >= 4 is 44.7 Å². The Morgan fingerprint density at radius 3 is 2.56 bits per heavy atom. The molecule has 1 aromatic carbocycles. The summed E-state index contributed by atoms with van der Waals surface area (Å²) in [6.45, 7) is 0.269. The number of carbonyl (C=O) groups excluding carboxylic acids is 2. The van der Waals surface area contributed by atoms with Gasteiger partial charge >= 0.3 is 0 Å². The van der Waals surface area contributed by atoms with Gasteiger partial charge in [-0.05, 0) is 35.7 Å². The van der Waals surface area contributed by atoms with Crippen LogP contribution < -0.4 is 0 Å². The van der Waals surface area contributed by atoms with Crippen molar-refractivity contribution in [3.8, 4) is 0 Å². The number of halogens is 1. The fourth-order valence-corrected chi connectivity index (χ4v) is 4.09. The molecule has 1 saturated heterocycles. The molecule has 2 aromatic heterocycles. The maximum absolute atomic E-state index is 12.8. The van der Waals surface area contributed by atoms with Crippen LogP contribution in [0.1, 0.15) is 22.2 Å². The monoisotopic (exact) mass is 443 g/mol. The minimum Gasteiger partial charge on any atom is -0.507 e. The molecule has 1 N–H and O–H groups in total. The standard InChI is InChI=1S/C20H14BrNO4S/c21-13-7-5-12(6-8-13)18(23)16-17(15-4-1-9-26-15)22(20(25)19(16)24)11-14-3-2-10-27-14/h1-10,17,23H,11H2/b18-16-. The molecule has 1 fully saturated rings. The van der Waals surface area contributed by atoms with Gasteiger partial charge in [-0.2, -0.15) is 0 Å². The van der Waals surface area contributed by atoms with E-state index in [9.17, 15) is 14.7 Å². The van der Waals surface area contributed by atoms with Crippen LogP contribution in [0.5, 0.6) is 0 Å². The average molecular weight is 444 g/mol. The van der Waals surface area contributed by atoms with Gasteiger partial charge in [0.2, 0.25) is 0 Å². The number of amides is 1.